The topological polar surface area (TPSA) is 0 Å². The summed E-state index contributed by atoms with van der Waals surface area (Å²) in [6.45, 7) is 4.32. The van der Waals surface area contributed by atoms with Crippen molar-refractivity contribution in [2.45, 2.75) is 18.7 Å². The van der Waals surface area contributed by atoms with Crippen LogP contribution in [0, 0.1) is 13.8 Å². The average molecular weight is 325 g/mol. The van der Waals surface area contributed by atoms with Gasteiger partial charge in [0.25, 0.3) is 0 Å². The Morgan fingerprint density at radius 3 is 2.35 bits per heavy atom. The van der Waals surface area contributed by atoms with Crippen molar-refractivity contribution in [3.63, 3.8) is 0 Å². The highest BCUT2D eigenvalue weighted by atomic mass is 79.9. The van der Waals surface area contributed by atoms with Crippen LogP contribution in [0.25, 0.3) is 10.8 Å². The van der Waals surface area contributed by atoms with Gasteiger partial charge >= 0.3 is 0 Å². The summed E-state index contributed by atoms with van der Waals surface area (Å²) >= 11 is 3.89. The lowest BCUT2D eigenvalue weighted by atomic mass is 9.95. The maximum Gasteiger partial charge on any atom is 0.0653 e. The van der Waals surface area contributed by atoms with Crippen LogP contribution >= 0.6 is 15.9 Å². The molecule has 3 aromatic carbocycles. The van der Waals surface area contributed by atoms with Crippen molar-refractivity contribution in [1.82, 2.24) is 0 Å². The Bertz CT molecular complexity index is 753. The molecule has 1 heteroatoms. The van der Waals surface area contributed by atoms with Crippen LogP contribution in [-0.2, 0) is 0 Å². The summed E-state index contributed by atoms with van der Waals surface area (Å²) in [5.74, 6) is 0. The molecular weight excluding hydrogens is 308 g/mol. The van der Waals surface area contributed by atoms with Gasteiger partial charge in [0.15, 0.2) is 0 Å². The van der Waals surface area contributed by atoms with E-state index < -0.39 is 0 Å². The Kier molecular flexibility index (Phi) is 3.62. The van der Waals surface area contributed by atoms with Crippen molar-refractivity contribution in [2.75, 3.05) is 0 Å². The summed E-state index contributed by atoms with van der Waals surface area (Å²) in [6, 6.07) is 21.7. The second kappa shape index (κ2) is 5.41. The Balaban J connectivity index is 2.15. The van der Waals surface area contributed by atoms with Gasteiger partial charge in [-0.15, -0.1) is 0 Å². The second-order valence-electron chi connectivity index (χ2n) is 5.29. The average Bonchev–Trinajstić information content (AvgIpc) is 2.46. The molecule has 3 aromatic rings. The summed E-state index contributed by atoms with van der Waals surface area (Å²) in [5.41, 5.74) is 5.31. The van der Waals surface area contributed by atoms with Crippen molar-refractivity contribution in [1.29, 1.82) is 0 Å². The standard InChI is InChI=1S/C19H17Br/c1-13-10-11-16(14(2)12-13)19(20)18-9-5-7-15-6-3-4-8-17(15)18/h3-12,19H,1-2H3. The van der Waals surface area contributed by atoms with Gasteiger partial charge in [-0.3, -0.25) is 0 Å². The van der Waals surface area contributed by atoms with Crippen molar-refractivity contribution in [2.24, 2.45) is 0 Å². The molecule has 0 aromatic heterocycles. The molecule has 1 unspecified atom stereocenters. The molecule has 0 bridgehead atoms. The van der Waals surface area contributed by atoms with Crippen molar-refractivity contribution < 1.29 is 0 Å². The first-order valence-electron chi connectivity index (χ1n) is 6.85. The molecule has 0 heterocycles. The maximum absolute atomic E-state index is 3.89. The smallest absolute Gasteiger partial charge is 0.0653 e. The number of fused-ring (bicyclic) bond motifs is 1. The van der Waals surface area contributed by atoms with Gasteiger partial charge < -0.3 is 0 Å². The molecule has 0 saturated carbocycles. The van der Waals surface area contributed by atoms with Crippen LogP contribution in [0.2, 0.25) is 0 Å². The van der Waals surface area contributed by atoms with Crippen LogP contribution in [0.3, 0.4) is 0 Å². The molecule has 20 heavy (non-hydrogen) atoms. The molecule has 0 radical (unpaired) electrons. The molecule has 3 rings (SSSR count). The van der Waals surface area contributed by atoms with E-state index in [2.05, 4.69) is 90.4 Å². The zero-order valence-corrected chi connectivity index (χ0v) is 13.3. The SMILES string of the molecule is Cc1ccc(C(Br)c2cccc3ccccc23)c(C)c1. The minimum atomic E-state index is 0.231. The monoisotopic (exact) mass is 324 g/mol. The van der Waals surface area contributed by atoms with Crippen molar-refractivity contribution >= 4 is 26.7 Å². The third kappa shape index (κ3) is 2.38. The molecule has 0 spiro atoms. The van der Waals surface area contributed by atoms with E-state index in [0.717, 1.165) is 0 Å². The van der Waals surface area contributed by atoms with Gasteiger partial charge in [0.05, 0.1) is 4.83 Å². The van der Waals surface area contributed by atoms with E-state index in [4.69, 9.17) is 0 Å². The highest BCUT2D eigenvalue weighted by molar-refractivity contribution is 9.09. The summed E-state index contributed by atoms with van der Waals surface area (Å²) in [6.07, 6.45) is 0. The third-order valence-corrected chi connectivity index (χ3v) is 4.78. The highest BCUT2D eigenvalue weighted by Gasteiger charge is 2.15. The van der Waals surface area contributed by atoms with Crippen LogP contribution in [0.5, 0.6) is 0 Å². The number of alkyl halides is 1. The molecule has 0 amide bonds. The Morgan fingerprint density at radius 1 is 0.800 bits per heavy atom. The quantitative estimate of drug-likeness (QED) is 0.511. The van der Waals surface area contributed by atoms with Crippen LogP contribution in [-0.4, -0.2) is 0 Å². The molecule has 0 fully saturated rings. The normalized spacial score (nSPS) is 12.6. The van der Waals surface area contributed by atoms with Crippen LogP contribution in [0.1, 0.15) is 27.1 Å². The molecule has 1 atom stereocenters. The van der Waals surface area contributed by atoms with Crippen LogP contribution < -0.4 is 0 Å². The van der Waals surface area contributed by atoms with Crippen LogP contribution in [0.15, 0.2) is 60.7 Å². The zero-order chi connectivity index (χ0) is 14.1. The zero-order valence-electron chi connectivity index (χ0n) is 11.7. The van der Waals surface area contributed by atoms with E-state index in [-0.39, 0.29) is 4.83 Å². The number of hydrogen-bond donors (Lipinski definition) is 0. The van der Waals surface area contributed by atoms with E-state index in [1.807, 2.05) is 0 Å². The molecule has 0 saturated heterocycles. The molecule has 100 valence electrons. The number of hydrogen-bond acceptors (Lipinski definition) is 0. The predicted molar refractivity (Wildman–Crippen MR) is 90.6 cm³/mol. The van der Waals surface area contributed by atoms with Crippen molar-refractivity contribution in [3.8, 4) is 0 Å². The predicted octanol–water partition coefficient (Wildman–Crippen LogP) is 5.94. The maximum atomic E-state index is 3.89. The summed E-state index contributed by atoms with van der Waals surface area (Å²) in [5, 5.41) is 2.61. The van der Waals surface area contributed by atoms with Gasteiger partial charge in [0, 0.05) is 0 Å². The molecule has 0 nitrogen and oxygen atoms in total. The fourth-order valence-corrected chi connectivity index (χ4v) is 3.66. The van der Waals surface area contributed by atoms with E-state index >= 15 is 0 Å². The number of benzene rings is 3. The largest absolute Gasteiger partial charge is 0.0786 e. The minimum absolute atomic E-state index is 0.231. The third-order valence-electron chi connectivity index (χ3n) is 3.79. The number of aryl methyl sites for hydroxylation is 2. The van der Waals surface area contributed by atoms with Crippen LogP contribution in [0.4, 0.5) is 0 Å². The Morgan fingerprint density at radius 2 is 1.55 bits per heavy atom. The summed E-state index contributed by atoms with van der Waals surface area (Å²) in [4.78, 5) is 0.231. The molecule has 0 aliphatic heterocycles. The van der Waals surface area contributed by atoms with Gasteiger partial charge in [-0.05, 0) is 41.3 Å². The van der Waals surface area contributed by atoms with E-state index in [9.17, 15) is 0 Å². The highest BCUT2D eigenvalue weighted by Crippen LogP contribution is 2.36. The number of rotatable bonds is 2. The lowest BCUT2D eigenvalue weighted by Gasteiger charge is -2.16. The van der Waals surface area contributed by atoms with Gasteiger partial charge in [0.1, 0.15) is 0 Å². The summed E-state index contributed by atoms with van der Waals surface area (Å²) < 4.78 is 0. The summed E-state index contributed by atoms with van der Waals surface area (Å²) in [7, 11) is 0. The van der Waals surface area contributed by atoms with Gasteiger partial charge in [0.2, 0.25) is 0 Å². The molecular formula is C19H17Br. The van der Waals surface area contributed by atoms with E-state index in [0.29, 0.717) is 0 Å². The second-order valence-corrected chi connectivity index (χ2v) is 6.21. The van der Waals surface area contributed by atoms with E-state index in [1.165, 1.54) is 33.0 Å². The first-order valence-corrected chi connectivity index (χ1v) is 7.77. The Hall–Kier alpha value is -1.60. The Labute approximate surface area is 128 Å². The lowest BCUT2D eigenvalue weighted by Crippen LogP contribution is -1.97. The van der Waals surface area contributed by atoms with E-state index in [1.54, 1.807) is 0 Å². The molecule has 0 N–H and O–H groups in total. The first-order chi connectivity index (χ1) is 9.66. The number of halogens is 1. The van der Waals surface area contributed by atoms with Gasteiger partial charge in [-0.25, -0.2) is 0 Å². The van der Waals surface area contributed by atoms with Crippen molar-refractivity contribution in [3.05, 3.63) is 82.9 Å². The first kappa shape index (κ1) is 13.4. The minimum Gasteiger partial charge on any atom is -0.0786 e. The fraction of sp³-hybridized carbons (Fsp3) is 0.158. The fourth-order valence-electron chi connectivity index (χ4n) is 2.75. The lowest BCUT2D eigenvalue weighted by molar-refractivity contribution is 1.15. The molecule has 0 aliphatic carbocycles. The van der Waals surface area contributed by atoms with Gasteiger partial charge in [-0.1, -0.05) is 82.2 Å². The molecule has 0 aliphatic rings. The van der Waals surface area contributed by atoms with Gasteiger partial charge in [-0.2, -0.15) is 0 Å².